The van der Waals surface area contributed by atoms with E-state index in [1.165, 1.54) is 24.1 Å². The van der Waals surface area contributed by atoms with Crippen LogP contribution >= 0.6 is 0 Å². The van der Waals surface area contributed by atoms with Crippen LogP contribution in [0.3, 0.4) is 0 Å². The quantitative estimate of drug-likeness (QED) is 0.416. The number of methoxy groups -OCH3 is 1. The molecule has 1 atom stereocenters. The number of amides is 1. The molecule has 2 saturated heterocycles. The zero-order valence-corrected chi connectivity index (χ0v) is 17.7. The smallest absolute Gasteiger partial charge is 0.295 e. The van der Waals surface area contributed by atoms with E-state index in [0.29, 0.717) is 25.3 Å². The number of ether oxygens (including phenoxy) is 2. The Morgan fingerprint density at radius 3 is 2.72 bits per heavy atom. The number of benzene rings is 1. The van der Waals surface area contributed by atoms with E-state index in [1.807, 2.05) is 0 Å². The molecule has 0 aliphatic carbocycles. The second-order valence-corrected chi connectivity index (χ2v) is 7.58. The number of carbonyl (C=O) groups is 2. The summed E-state index contributed by atoms with van der Waals surface area (Å²) in [6, 6.07) is 6.21. The minimum Gasteiger partial charge on any atom is -0.507 e. The third kappa shape index (κ3) is 4.21. The van der Waals surface area contributed by atoms with Gasteiger partial charge in [-0.2, -0.15) is 0 Å². The largest absolute Gasteiger partial charge is 0.507 e. The second kappa shape index (κ2) is 9.46. The molecular weight excluding hydrogens is 417 g/mol. The first-order valence-electron chi connectivity index (χ1n) is 10.3. The van der Waals surface area contributed by atoms with Crippen LogP contribution in [0.4, 0.5) is 4.39 Å². The van der Waals surface area contributed by atoms with Gasteiger partial charge in [0.05, 0.1) is 37.5 Å². The molecule has 1 N–H and O–H groups in total. The molecule has 2 aromatic rings. The number of rotatable bonds is 6. The van der Waals surface area contributed by atoms with Gasteiger partial charge in [0, 0.05) is 38.6 Å². The molecule has 2 aliphatic rings. The Morgan fingerprint density at radius 1 is 1.25 bits per heavy atom. The number of aliphatic hydroxyl groups is 1. The number of aromatic nitrogens is 1. The number of halogens is 1. The highest BCUT2D eigenvalue weighted by atomic mass is 19.1. The van der Waals surface area contributed by atoms with Crippen molar-refractivity contribution in [2.75, 3.05) is 46.5 Å². The molecule has 2 aliphatic heterocycles. The summed E-state index contributed by atoms with van der Waals surface area (Å²) >= 11 is 0. The van der Waals surface area contributed by atoms with Crippen molar-refractivity contribution in [3.05, 3.63) is 65.2 Å². The summed E-state index contributed by atoms with van der Waals surface area (Å²) < 4.78 is 24.5. The van der Waals surface area contributed by atoms with Crippen molar-refractivity contribution >= 4 is 17.4 Å². The fraction of sp³-hybridized carbons (Fsp3) is 0.348. The van der Waals surface area contributed by atoms with Crippen molar-refractivity contribution in [2.45, 2.75) is 6.04 Å². The zero-order chi connectivity index (χ0) is 22.7. The first-order chi connectivity index (χ1) is 15.5. The van der Waals surface area contributed by atoms with Crippen LogP contribution < -0.4 is 4.74 Å². The Bertz CT molecular complexity index is 1040. The van der Waals surface area contributed by atoms with Crippen LogP contribution in [0, 0.1) is 5.82 Å². The van der Waals surface area contributed by atoms with E-state index in [0.717, 1.165) is 19.2 Å². The third-order valence-corrected chi connectivity index (χ3v) is 5.72. The van der Waals surface area contributed by atoms with Crippen molar-refractivity contribution < 1.29 is 28.6 Å². The number of ketones is 1. The molecule has 168 valence electrons. The number of hydrogen-bond donors (Lipinski definition) is 1. The predicted molar refractivity (Wildman–Crippen MR) is 113 cm³/mol. The zero-order valence-electron chi connectivity index (χ0n) is 17.7. The summed E-state index contributed by atoms with van der Waals surface area (Å²) in [6.07, 6.45) is 3.13. The van der Waals surface area contributed by atoms with Crippen molar-refractivity contribution in [3.63, 3.8) is 0 Å². The average molecular weight is 441 g/mol. The highest BCUT2D eigenvalue weighted by molar-refractivity contribution is 6.46. The predicted octanol–water partition coefficient (Wildman–Crippen LogP) is 1.98. The van der Waals surface area contributed by atoms with Gasteiger partial charge in [0.15, 0.2) is 0 Å². The Hall–Kier alpha value is -3.30. The van der Waals surface area contributed by atoms with Crippen LogP contribution in [0.15, 0.2) is 48.3 Å². The van der Waals surface area contributed by atoms with Gasteiger partial charge in [-0.1, -0.05) is 6.07 Å². The second-order valence-electron chi connectivity index (χ2n) is 7.58. The first-order valence-corrected chi connectivity index (χ1v) is 10.3. The van der Waals surface area contributed by atoms with Crippen molar-refractivity contribution in [3.8, 4) is 5.75 Å². The van der Waals surface area contributed by atoms with Gasteiger partial charge >= 0.3 is 0 Å². The molecule has 1 aromatic carbocycles. The summed E-state index contributed by atoms with van der Waals surface area (Å²) in [5.41, 5.74) is 0.465. The van der Waals surface area contributed by atoms with E-state index in [2.05, 4.69) is 9.88 Å². The summed E-state index contributed by atoms with van der Waals surface area (Å²) in [5.74, 6) is -2.45. The molecule has 3 heterocycles. The van der Waals surface area contributed by atoms with Gasteiger partial charge in [-0.3, -0.25) is 19.5 Å². The maximum atomic E-state index is 14.0. The summed E-state index contributed by atoms with van der Waals surface area (Å²) in [4.78, 5) is 33.7. The molecule has 0 unspecified atom stereocenters. The number of Topliss-reactive ketones (excluding diaryl/α,β-unsaturated/α-hetero) is 1. The minimum absolute atomic E-state index is 0.00701. The molecule has 9 heteroatoms. The molecule has 8 nitrogen and oxygen atoms in total. The van der Waals surface area contributed by atoms with Gasteiger partial charge in [-0.05, 0) is 29.8 Å². The number of carbonyl (C=O) groups excluding carboxylic acids is 2. The topological polar surface area (TPSA) is 92.2 Å². The first kappa shape index (κ1) is 21.9. The maximum absolute atomic E-state index is 14.0. The maximum Gasteiger partial charge on any atom is 0.295 e. The number of hydrogen-bond acceptors (Lipinski definition) is 7. The van der Waals surface area contributed by atoms with Gasteiger partial charge in [0.2, 0.25) is 0 Å². The fourth-order valence-corrected chi connectivity index (χ4v) is 4.08. The van der Waals surface area contributed by atoms with E-state index in [1.54, 1.807) is 24.5 Å². The molecule has 0 bridgehead atoms. The Balaban J connectivity index is 1.76. The van der Waals surface area contributed by atoms with Crippen molar-refractivity contribution in [1.29, 1.82) is 0 Å². The Morgan fingerprint density at radius 2 is 2.03 bits per heavy atom. The average Bonchev–Trinajstić information content (AvgIpc) is 3.08. The van der Waals surface area contributed by atoms with E-state index in [4.69, 9.17) is 9.47 Å². The molecule has 0 spiro atoms. The lowest BCUT2D eigenvalue weighted by Gasteiger charge is -2.30. The number of pyridine rings is 1. The lowest BCUT2D eigenvalue weighted by atomic mass is 9.96. The van der Waals surface area contributed by atoms with Gasteiger partial charge < -0.3 is 19.5 Å². The monoisotopic (exact) mass is 441 g/mol. The summed E-state index contributed by atoms with van der Waals surface area (Å²) in [5, 5.41) is 11.1. The number of nitrogens with zero attached hydrogens (tertiary/aromatic N) is 3. The van der Waals surface area contributed by atoms with E-state index < -0.39 is 29.3 Å². The molecule has 1 aromatic heterocycles. The highest BCUT2D eigenvalue weighted by Gasteiger charge is 2.46. The summed E-state index contributed by atoms with van der Waals surface area (Å²) in [6.45, 7) is 3.54. The molecule has 2 fully saturated rings. The molecular formula is C23H24FN3O5. The summed E-state index contributed by atoms with van der Waals surface area (Å²) in [7, 11) is 1.38. The van der Waals surface area contributed by atoms with Gasteiger partial charge in [-0.15, -0.1) is 0 Å². The highest BCUT2D eigenvalue weighted by Crippen LogP contribution is 2.40. The molecule has 1 amide bonds. The lowest BCUT2D eigenvalue weighted by Crippen LogP contribution is -2.42. The van der Waals surface area contributed by atoms with Crippen LogP contribution in [0.2, 0.25) is 0 Å². The normalized spacial score (nSPS) is 21.2. The van der Waals surface area contributed by atoms with Gasteiger partial charge in [0.1, 0.15) is 17.3 Å². The Kier molecular flexibility index (Phi) is 6.48. The van der Waals surface area contributed by atoms with E-state index in [9.17, 15) is 19.1 Å². The van der Waals surface area contributed by atoms with Crippen LogP contribution in [0.5, 0.6) is 5.75 Å². The SMILES string of the molecule is COc1ccc(F)cc1/C(O)=C1\C(=O)C(=O)N(CCN2CCOCC2)[C@@H]1c1cccnc1. The van der Waals surface area contributed by atoms with E-state index >= 15 is 0 Å². The molecule has 32 heavy (non-hydrogen) atoms. The van der Waals surface area contributed by atoms with Crippen LogP contribution in [0.25, 0.3) is 5.76 Å². The van der Waals surface area contributed by atoms with E-state index in [-0.39, 0.29) is 23.4 Å². The van der Waals surface area contributed by atoms with Gasteiger partial charge in [0.25, 0.3) is 11.7 Å². The fourth-order valence-electron chi connectivity index (χ4n) is 4.08. The van der Waals surface area contributed by atoms with Crippen molar-refractivity contribution in [2.24, 2.45) is 0 Å². The lowest BCUT2D eigenvalue weighted by molar-refractivity contribution is -0.140. The number of likely N-dealkylation sites (tertiary alicyclic amines) is 1. The standard InChI is InChI=1S/C23H24FN3O5/c1-31-18-5-4-16(24)13-17(18)21(28)19-20(15-3-2-6-25-14-15)27(23(30)22(19)29)8-7-26-9-11-32-12-10-26/h2-6,13-14,20,28H,7-12H2,1H3/b21-19+/t20-/m1/s1. The van der Waals surface area contributed by atoms with Gasteiger partial charge in [-0.25, -0.2) is 4.39 Å². The Labute approximate surface area is 184 Å². The third-order valence-electron chi connectivity index (χ3n) is 5.72. The molecule has 0 radical (unpaired) electrons. The molecule has 0 saturated carbocycles. The van der Waals surface area contributed by atoms with Crippen LogP contribution in [-0.2, 0) is 14.3 Å². The number of morpholine rings is 1. The van der Waals surface area contributed by atoms with Crippen LogP contribution in [-0.4, -0.2) is 78.1 Å². The molecule has 4 rings (SSSR count). The van der Waals surface area contributed by atoms with Crippen molar-refractivity contribution in [1.82, 2.24) is 14.8 Å². The number of aliphatic hydroxyl groups excluding tert-OH is 1. The minimum atomic E-state index is -0.849. The van der Waals surface area contributed by atoms with Crippen LogP contribution in [0.1, 0.15) is 17.2 Å².